The van der Waals surface area contributed by atoms with Gasteiger partial charge in [-0.1, -0.05) is 6.07 Å². The van der Waals surface area contributed by atoms with Crippen molar-refractivity contribution >= 4 is 21.4 Å². The van der Waals surface area contributed by atoms with Gasteiger partial charge in [-0.05, 0) is 42.8 Å². The van der Waals surface area contributed by atoms with Crippen LogP contribution in [-0.2, 0) is 14.8 Å². The summed E-state index contributed by atoms with van der Waals surface area (Å²) in [6.07, 6.45) is 1.11. The summed E-state index contributed by atoms with van der Waals surface area (Å²) in [6, 6.07) is 9.56. The van der Waals surface area contributed by atoms with Crippen LogP contribution in [-0.4, -0.2) is 34.7 Å². The van der Waals surface area contributed by atoms with E-state index in [4.69, 9.17) is 4.74 Å². The number of ether oxygens (including phenoxy) is 1. The second-order valence-electron chi connectivity index (χ2n) is 5.80. The molecule has 0 radical (unpaired) electrons. The largest absolute Gasteiger partial charge is 0.380 e. The third-order valence-electron chi connectivity index (χ3n) is 4.15. The van der Waals surface area contributed by atoms with Crippen LogP contribution in [0.4, 0.5) is 20.2 Å². The number of sulfonamides is 1. The number of methoxy groups -OCH3 is 1. The highest BCUT2D eigenvalue weighted by Crippen LogP contribution is 2.25. The summed E-state index contributed by atoms with van der Waals surface area (Å²) < 4.78 is 59.4. The second-order valence-corrected chi connectivity index (χ2v) is 7.41. The molecule has 1 fully saturated rings. The van der Waals surface area contributed by atoms with Gasteiger partial charge in [0, 0.05) is 31.6 Å². The lowest BCUT2D eigenvalue weighted by Gasteiger charge is -2.19. The lowest BCUT2D eigenvalue weighted by Crippen LogP contribution is -2.22. The summed E-state index contributed by atoms with van der Waals surface area (Å²) in [7, 11) is -2.68. The van der Waals surface area contributed by atoms with Crippen molar-refractivity contribution < 1.29 is 21.9 Å². The van der Waals surface area contributed by atoms with Gasteiger partial charge >= 0.3 is 0 Å². The normalized spacial score (nSPS) is 17.7. The first-order valence-corrected chi connectivity index (χ1v) is 9.23. The molecular weight excluding hydrogens is 350 g/mol. The van der Waals surface area contributed by atoms with Crippen molar-refractivity contribution in [3.8, 4) is 0 Å². The van der Waals surface area contributed by atoms with Crippen LogP contribution in [0.3, 0.4) is 0 Å². The first-order chi connectivity index (χ1) is 11.9. The molecule has 1 unspecified atom stereocenters. The fraction of sp³-hybridized carbons (Fsp3) is 0.294. The van der Waals surface area contributed by atoms with Gasteiger partial charge in [-0.2, -0.15) is 0 Å². The van der Waals surface area contributed by atoms with Gasteiger partial charge in [0.1, 0.15) is 11.6 Å². The minimum atomic E-state index is -4.35. The molecule has 0 aromatic heterocycles. The maximum absolute atomic E-state index is 13.7. The van der Waals surface area contributed by atoms with Crippen LogP contribution in [0.15, 0.2) is 47.4 Å². The molecule has 0 spiro atoms. The van der Waals surface area contributed by atoms with Gasteiger partial charge < -0.3 is 9.64 Å². The lowest BCUT2D eigenvalue weighted by atomic mass is 10.2. The van der Waals surface area contributed by atoms with E-state index in [1.165, 1.54) is 0 Å². The molecule has 3 rings (SSSR count). The van der Waals surface area contributed by atoms with E-state index in [1.807, 2.05) is 0 Å². The van der Waals surface area contributed by atoms with E-state index in [0.717, 1.165) is 43.4 Å². The highest BCUT2D eigenvalue weighted by atomic mass is 32.2. The summed E-state index contributed by atoms with van der Waals surface area (Å²) in [4.78, 5) is 1.14. The molecule has 1 heterocycles. The van der Waals surface area contributed by atoms with Crippen molar-refractivity contribution in [3.63, 3.8) is 0 Å². The Balaban J connectivity index is 1.77. The van der Waals surface area contributed by atoms with Crippen LogP contribution in [0, 0.1) is 11.6 Å². The van der Waals surface area contributed by atoms with E-state index in [-0.39, 0.29) is 11.8 Å². The molecule has 1 atom stereocenters. The lowest BCUT2D eigenvalue weighted by molar-refractivity contribution is 0.121. The standard InChI is InChI=1S/C17H18F2N2O3S/c1-24-14-9-10-21(11-14)13-7-5-12(6-8-13)20-25(22,23)17-15(18)3-2-4-16(17)19/h2-8,14,20H,9-11H2,1H3. The highest BCUT2D eigenvalue weighted by Gasteiger charge is 2.25. The summed E-state index contributed by atoms with van der Waals surface area (Å²) >= 11 is 0. The smallest absolute Gasteiger partial charge is 0.267 e. The van der Waals surface area contributed by atoms with Gasteiger partial charge in [0.2, 0.25) is 0 Å². The maximum Gasteiger partial charge on any atom is 0.267 e. The van der Waals surface area contributed by atoms with Gasteiger partial charge in [-0.25, -0.2) is 17.2 Å². The van der Waals surface area contributed by atoms with Crippen LogP contribution >= 0.6 is 0 Å². The molecule has 1 aliphatic rings. The maximum atomic E-state index is 13.7. The number of hydrogen-bond donors (Lipinski definition) is 1. The van der Waals surface area contributed by atoms with E-state index in [0.29, 0.717) is 0 Å². The topological polar surface area (TPSA) is 58.6 Å². The van der Waals surface area contributed by atoms with E-state index in [9.17, 15) is 17.2 Å². The van der Waals surface area contributed by atoms with Gasteiger partial charge in [-0.3, -0.25) is 4.72 Å². The average molecular weight is 368 g/mol. The van der Waals surface area contributed by atoms with Gasteiger partial charge in [0.25, 0.3) is 10.0 Å². The van der Waals surface area contributed by atoms with Crippen LogP contribution in [0.1, 0.15) is 6.42 Å². The quantitative estimate of drug-likeness (QED) is 0.882. The van der Waals surface area contributed by atoms with Crippen molar-refractivity contribution in [2.45, 2.75) is 17.4 Å². The Morgan fingerprint density at radius 1 is 1.12 bits per heavy atom. The van der Waals surface area contributed by atoms with E-state index in [2.05, 4.69) is 9.62 Å². The Labute approximate surface area is 145 Å². The number of rotatable bonds is 5. The molecule has 1 N–H and O–H groups in total. The Morgan fingerprint density at radius 2 is 1.76 bits per heavy atom. The first kappa shape index (κ1) is 17.6. The number of hydrogen-bond acceptors (Lipinski definition) is 4. The second kappa shape index (κ2) is 6.97. The molecule has 2 aromatic rings. The Hall–Kier alpha value is -2.19. The van der Waals surface area contributed by atoms with E-state index in [1.54, 1.807) is 31.4 Å². The molecule has 0 saturated carbocycles. The zero-order valence-corrected chi connectivity index (χ0v) is 14.4. The fourth-order valence-corrected chi connectivity index (χ4v) is 4.04. The number of anilines is 2. The zero-order valence-electron chi connectivity index (χ0n) is 13.6. The van der Waals surface area contributed by atoms with Crippen LogP contribution in [0.25, 0.3) is 0 Å². The van der Waals surface area contributed by atoms with Gasteiger partial charge in [0.05, 0.1) is 6.10 Å². The predicted molar refractivity (Wildman–Crippen MR) is 91.2 cm³/mol. The molecule has 0 amide bonds. The number of halogens is 2. The average Bonchev–Trinajstić information content (AvgIpc) is 3.04. The fourth-order valence-electron chi connectivity index (χ4n) is 2.84. The first-order valence-electron chi connectivity index (χ1n) is 7.75. The third kappa shape index (κ3) is 3.74. The summed E-state index contributed by atoms with van der Waals surface area (Å²) in [5, 5.41) is 0. The molecule has 0 aliphatic carbocycles. The molecule has 0 bridgehead atoms. The zero-order chi connectivity index (χ0) is 18.0. The molecule has 1 saturated heterocycles. The Morgan fingerprint density at radius 3 is 2.32 bits per heavy atom. The predicted octanol–water partition coefficient (Wildman–Crippen LogP) is 2.99. The van der Waals surface area contributed by atoms with Crippen molar-refractivity contribution in [1.29, 1.82) is 0 Å². The molecule has 134 valence electrons. The van der Waals surface area contributed by atoms with Crippen molar-refractivity contribution in [2.75, 3.05) is 29.8 Å². The van der Waals surface area contributed by atoms with Crippen molar-refractivity contribution in [2.24, 2.45) is 0 Å². The van der Waals surface area contributed by atoms with Crippen LogP contribution < -0.4 is 9.62 Å². The van der Waals surface area contributed by atoms with Crippen molar-refractivity contribution in [1.82, 2.24) is 0 Å². The summed E-state index contributed by atoms with van der Waals surface area (Å²) in [5.74, 6) is -2.27. The van der Waals surface area contributed by atoms with E-state index < -0.39 is 26.6 Å². The Kier molecular flexibility index (Phi) is 4.91. The molecule has 8 heteroatoms. The van der Waals surface area contributed by atoms with Gasteiger partial charge in [-0.15, -0.1) is 0 Å². The molecule has 2 aromatic carbocycles. The van der Waals surface area contributed by atoms with Gasteiger partial charge in [0.15, 0.2) is 4.90 Å². The van der Waals surface area contributed by atoms with Crippen LogP contribution in [0.2, 0.25) is 0 Å². The molecule has 25 heavy (non-hydrogen) atoms. The third-order valence-corrected chi connectivity index (χ3v) is 5.58. The highest BCUT2D eigenvalue weighted by molar-refractivity contribution is 7.92. The molecule has 5 nitrogen and oxygen atoms in total. The minimum absolute atomic E-state index is 0.183. The number of nitrogens with one attached hydrogen (secondary N) is 1. The minimum Gasteiger partial charge on any atom is -0.380 e. The number of benzene rings is 2. The van der Waals surface area contributed by atoms with Crippen molar-refractivity contribution in [3.05, 3.63) is 54.1 Å². The monoisotopic (exact) mass is 368 g/mol. The Bertz CT molecular complexity index is 836. The summed E-state index contributed by atoms with van der Waals surface area (Å²) in [5.41, 5.74) is 1.16. The molecule has 1 aliphatic heterocycles. The molecular formula is C17H18F2N2O3S. The van der Waals surface area contributed by atoms with E-state index >= 15 is 0 Å². The van der Waals surface area contributed by atoms with Crippen LogP contribution in [0.5, 0.6) is 0 Å². The SMILES string of the molecule is COC1CCN(c2ccc(NS(=O)(=O)c3c(F)cccc3F)cc2)C1. The number of nitrogens with zero attached hydrogens (tertiary/aromatic N) is 1. The summed E-state index contributed by atoms with van der Waals surface area (Å²) in [6.45, 7) is 1.62.